The molecule has 2 rings (SSSR count). The highest BCUT2D eigenvalue weighted by Crippen LogP contribution is 2.18. The predicted octanol–water partition coefficient (Wildman–Crippen LogP) is 2.86. The SMILES string of the molecule is O[C@@H]1CCCCCC[C@@H]1NCc1ccccc1. The van der Waals surface area contributed by atoms with Crippen LogP contribution in [-0.4, -0.2) is 17.3 Å². The summed E-state index contributed by atoms with van der Waals surface area (Å²) in [5.74, 6) is 0. The molecule has 0 heterocycles. The van der Waals surface area contributed by atoms with Crippen LogP contribution in [0.3, 0.4) is 0 Å². The van der Waals surface area contributed by atoms with Crippen molar-refractivity contribution in [3.8, 4) is 0 Å². The van der Waals surface area contributed by atoms with E-state index in [0.717, 1.165) is 19.4 Å². The van der Waals surface area contributed by atoms with Crippen LogP contribution in [0.1, 0.15) is 44.1 Å². The molecule has 0 unspecified atom stereocenters. The van der Waals surface area contributed by atoms with Crippen LogP contribution in [0.4, 0.5) is 0 Å². The van der Waals surface area contributed by atoms with Gasteiger partial charge in [-0.25, -0.2) is 0 Å². The van der Waals surface area contributed by atoms with Crippen LogP contribution in [0.15, 0.2) is 30.3 Å². The Hall–Kier alpha value is -0.860. The van der Waals surface area contributed by atoms with E-state index in [-0.39, 0.29) is 12.1 Å². The van der Waals surface area contributed by atoms with Gasteiger partial charge in [0.2, 0.25) is 0 Å². The van der Waals surface area contributed by atoms with Crippen molar-refractivity contribution < 1.29 is 5.11 Å². The molecule has 1 aliphatic rings. The van der Waals surface area contributed by atoms with Gasteiger partial charge in [0.1, 0.15) is 0 Å². The molecule has 0 amide bonds. The number of benzene rings is 1. The Morgan fingerprint density at radius 3 is 2.47 bits per heavy atom. The molecule has 94 valence electrons. The summed E-state index contributed by atoms with van der Waals surface area (Å²) in [5.41, 5.74) is 1.29. The van der Waals surface area contributed by atoms with Gasteiger partial charge in [-0.2, -0.15) is 0 Å². The van der Waals surface area contributed by atoms with Crippen LogP contribution >= 0.6 is 0 Å². The van der Waals surface area contributed by atoms with Gasteiger partial charge in [-0.1, -0.05) is 56.0 Å². The molecule has 0 saturated heterocycles. The summed E-state index contributed by atoms with van der Waals surface area (Å²) in [5, 5.41) is 13.6. The van der Waals surface area contributed by atoms with Crippen LogP contribution in [-0.2, 0) is 6.54 Å². The fraction of sp³-hybridized carbons (Fsp3) is 0.600. The normalized spacial score (nSPS) is 26.2. The minimum absolute atomic E-state index is 0.168. The third kappa shape index (κ3) is 4.14. The molecule has 0 aliphatic heterocycles. The fourth-order valence-corrected chi connectivity index (χ4v) is 2.55. The molecule has 0 spiro atoms. The van der Waals surface area contributed by atoms with Crippen molar-refractivity contribution in [3.05, 3.63) is 35.9 Å². The van der Waals surface area contributed by atoms with Crippen molar-refractivity contribution in [2.45, 2.75) is 57.2 Å². The number of hydrogen-bond acceptors (Lipinski definition) is 2. The van der Waals surface area contributed by atoms with Crippen molar-refractivity contribution in [3.63, 3.8) is 0 Å². The highest BCUT2D eigenvalue weighted by atomic mass is 16.3. The highest BCUT2D eigenvalue weighted by Gasteiger charge is 2.19. The lowest BCUT2D eigenvalue weighted by atomic mass is 9.94. The van der Waals surface area contributed by atoms with Gasteiger partial charge in [0.05, 0.1) is 6.10 Å². The molecule has 17 heavy (non-hydrogen) atoms. The quantitative estimate of drug-likeness (QED) is 0.841. The molecule has 0 bridgehead atoms. The van der Waals surface area contributed by atoms with E-state index in [1.807, 2.05) is 6.07 Å². The van der Waals surface area contributed by atoms with Gasteiger partial charge < -0.3 is 10.4 Å². The van der Waals surface area contributed by atoms with E-state index in [9.17, 15) is 5.11 Å². The van der Waals surface area contributed by atoms with Gasteiger partial charge in [-0.15, -0.1) is 0 Å². The molecular formula is C15H23NO. The summed E-state index contributed by atoms with van der Waals surface area (Å²) in [6.07, 6.45) is 6.90. The van der Waals surface area contributed by atoms with Crippen LogP contribution in [0.25, 0.3) is 0 Å². The van der Waals surface area contributed by atoms with Crippen molar-refractivity contribution in [1.29, 1.82) is 0 Å². The minimum Gasteiger partial charge on any atom is -0.392 e. The van der Waals surface area contributed by atoms with Crippen molar-refractivity contribution in [2.75, 3.05) is 0 Å². The van der Waals surface area contributed by atoms with Crippen LogP contribution in [0.2, 0.25) is 0 Å². The summed E-state index contributed by atoms with van der Waals surface area (Å²) in [4.78, 5) is 0. The largest absolute Gasteiger partial charge is 0.392 e. The van der Waals surface area contributed by atoms with Gasteiger partial charge in [0.15, 0.2) is 0 Å². The average molecular weight is 233 g/mol. The first-order valence-electron chi connectivity index (χ1n) is 6.81. The summed E-state index contributed by atoms with van der Waals surface area (Å²) < 4.78 is 0. The third-order valence-electron chi connectivity index (χ3n) is 3.64. The van der Waals surface area contributed by atoms with Gasteiger partial charge in [-0.3, -0.25) is 0 Å². The first-order chi connectivity index (χ1) is 8.36. The zero-order chi connectivity index (χ0) is 11.9. The van der Waals surface area contributed by atoms with Gasteiger partial charge in [0, 0.05) is 12.6 Å². The molecule has 0 aromatic heterocycles. The summed E-state index contributed by atoms with van der Waals surface area (Å²) in [6, 6.07) is 10.7. The van der Waals surface area contributed by atoms with Crippen molar-refractivity contribution >= 4 is 0 Å². The van der Waals surface area contributed by atoms with Crippen LogP contribution in [0.5, 0.6) is 0 Å². The Morgan fingerprint density at radius 2 is 1.71 bits per heavy atom. The van der Waals surface area contributed by atoms with E-state index in [1.165, 1.54) is 31.2 Å². The number of aliphatic hydroxyl groups excluding tert-OH is 1. The Bertz CT molecular complexity index is 312. The monoisotopic (exact) mass is 233 g/mol. The van der Waals surface area contributed by atoms with Crippen LogP contribution in [0, 0.1) is 0 Å². The van der Waals surface area contributed by atoms with Crippen molar-refractivity contribution in [2.24, 2.45) is 0 Å². The molecule has 1 aromatic carbocycles. The predicted molar refractivity (Wildman–Crippen MR) is 70.8 cm³/mol. The topological polar surface area (TPSA) is 32.3 Å². The Balaban J connectivity index is 1.83. The Morgan fingerprint density at radius 1 is 1.00 bits per heavy atom. The molecule has 2 heteroatoms. The van der Waals surface area contributed by atoms with E-state index in [4.69, 9.17) is 0 Å². The maximum Gasteiger partial charge on any atom is 0.0693 e. The second-order valence-electron chi connectivity index (χ2n) is 5.03. The van der Waals surface area contributed by atoms with Gasteiger partial charge >= 0.3 is 0 Å². The number of nitrogens with one attached hydrogen (secondary N) is 1. The summed E-state index contributed by atoms with van der Waals surface area (Å²) in [7, 11) is 0. The number of hydrogen-bond donors (Lipinski definition) is 2. The summed E-state index contributed by atoms with van der Waals surface area (Å²) in [6.45, 7) is 0.864. The highest BCUT2D eigenvalue weighted by molar-refractivity contribution is 5.14. The molecule has 0 radical (unpaired) electrons. The lowest BCUT2D eigenvalue weighted by Gasteiger charge is -2.26. The molecule has 1 saturated carbocycles. The third-order valence-corrected chi connectivity index (χ3v) is 3.64. The fourth-order valence-electron chi connectivity index (χ4n) is 2.55. The molecular weight excluding hydrogens is 210 g/mol. The Labute approximate surface area is 104 Å². The van der Waals surface area contributed by atoms with Gasteiger partial charge in [-0.05, 0) is 18.4 Å². The Kier molecular flexibility index (Phi) is 5.02. The summed E-state index contributed by atoms with van der Waals surface area (Å²) >= 11 is 0. The van der Waals surface area contributed by atoms with E-state index < -0.39 is 0 Å². The minimum atomic E-state index is -0.168. The molecule has 1 aromatic rings. The van der Waals surface area contributed by atoms with E-state index in [1.54, 1.807) is 0 Å². The molecule has 1 aliphatic carbocycles. The number of aliphatic hydroxyl groups is 1. The standard InChI is InChI=1S/C15H23NO/c17-15-11-7-2-1-6-10-14(15)16-12-13-8-4-3-5-9-13/h3-5,8-9,14-17H,1-2,6-7,10-12H2/t14-,15+/m0/s1. The second kappa shape index (κ2) is 6.77. The first-order valence-corrected chi connectivity index (χ1v) is 6.81. The first kappa shape index (κ1) is 12.6. The zero-order valence-electron chi connectivity index (χ0n) is 10.4. The van der Waals surface area contributed by atoms with Crippen LogP contribution < -0.4 is 5.32 Å². The van der Waals surface area contributed by atoms with E-state index in [2.05, 4.69) is 29.6 Å². The van der Waals surface area contributed by atoms with Crippen molar-refractivity contribution in [1.82, 2.24) is 5.32 Å². The molecule has 2 N–H and O–H groups in total. The maximum absolute atomic E-state index is 10.1. The molecule has 2 nitrogen and oxygen atoms in total. The molecule has 2 atom stereocenters. The lowest BCUT2D eigenvalue weighted by molar-refractivity contribution is 0.103. The number of rotatable bonds is 3. The van der Waals surface area contributed by atoms with E-state index >= 15 is 0 Å². The van der Waals surface area contributed by atoms with E-state index in [0.29, 0.717) is 0 Å². The zero-order valence-corrected chi connectivity index (χ0v) is 10.4. The second-order valence-corrected chi connectivity index (χ2v) is 5.03. The maximum atomic E-state index is 10.1. The lowest BCUT2D eigenvalue weighted by Crippen LogP contribution is -2.40. The molecule has 1 fully saturated rings. The smallest absolute Gasteiger partial charge is 0.0693 e. The van der Waals surface area contributed by atoms with Gasteiger partial charge in [0.25, 0.3) is 0 Å². The average Bonchev–Trinajstić information content (AvgIpc) is 2.35.